The number of rotatable bonds is 3. The smallest absolute Gasteiger partial charge is 0.272 e. The molecule has 1 amide bonds. The molecule has 0 saturated carbocycles. The van der Waals surface area contributed by atoms with Crippen molar-refractivity contribution in [2.24, 2.45) is 5.92 Å². The van der Waals surface area contributed by atoms with Crippen LogP contribution in [0, 0.1) is 11.7 Å². The van der Waals surface area contributed by atoms with Crippen molar-refractivity contribution in [3.8, 4) is 11.1 Å². The first-order valence-corrected chi connectivity index (χ1v) is 10.1. The van der Waals surface area contributed by atoms with E-state index in [-0.39, 0.29) is 36.3 Å². The number of likely N-dealkylation sites (tertiary alicyclic amines) is 1. The molecule has 0 spiro atoms. The number of pyridine rings is 1. The van der Waals surface area contributed by atoms with Crippen LogP contribution in [0.1, 0.15) is 28.5 Å². The predicted molar refractivity (Wildman–Crippen MR) is 112 cm³/mol. The number of nitrogens with one attached hydrogen (secondary N) is 1. The quantitative estimate of drug-likeness (QED) is 0.697. The molecule has 2 aliphatic rings. The van der Waals surface area contributed by atoms with Crippen LogP contribution >= 0.6 is 0 Å². The van der Waals surface area contributed by atoms with Gasteiger partial charge in [-0.15, -0.1) is 0 Å². The Kier molecular flexibility index (Phi) is 4.71. The van der Waals surface area contributed by atoms with Crippen LogP contribution in [-0.4, -0.2) is 40.1 Å². The van der Waals surface area contributed by atoms with Crippen LogP contribution in [0.3, 0.4) is 0 Å². The molecular formula is C24H22FN3O2. The Morgan fingerprint density at radius 2 is 1.93 bits per heavy atom. The number of nitrogens with zero attached hydrogens (tertiary/aromatic N) is 2. The average Bonchev–Trinajstić information content (AvgIpc) is 3.24. The molecule has 6 heteroatoms. The summed E-state index contributed by atoms with van der Waals surface area (Å²) in [6, 6.07) is 17.5. The molecule has 5 rings (SSSR count). The van der Waals surface area contributed by atoms with Gasteiger partial charge in [0.2, 0.25) is 0 Å². The molecule has 3 heterocycles. The van der Waals surface area contributed by atoms with Gasteiger partial charge in [-0.3, -0.25) is 9.78 Å². The lowest BCUT2D eigenvalue weighted by atomic mass is 9.82. The second-order valence-corrected chi connectivity index (χ2v) is 7.85. The second-order valence-electron chi connectivity index (χ2n) is 7.85. The van der Waals surface area contributed by atoms with E-state index in [1.165, 1.54) is 12.1 Å². The van der Waals surface area contributed by atoms with Crippen molar-refractivity contribution in [2.45, 2.75) is 18.5 Å². The van der Waals surface area contributed by atoms with E-state index in [1.807, 2.05) is 23.1 Å². The lowest BCUT2D eigenvalue weighted by Gasteiger charge is -2.39. The van der Waals surface area contributed by atoms with E-state index in [0.29, 0.717) is 12.2 Å². The van der Waals surface area contributed by atoms with Crippen LogP contribution in [0.2, 0.25) is 0 Å². The van der Waals surface area contributed by atoms with E-state index in [0.717, 1.165) is 28.8 Å². The number of aromatic nitrogens is 1. The molecule has 2 aliphatic heterocycles. The second kappa shape index (κ2) is 7.54. The van der Waals surface area contributed by atoms with Crippen LogP contribution in [0.4, 0.5) is 10.1 Å². The van der Waals surface area contributed by atoms with Gasteiger partial charge >= 0.3 is 0 Å². The zero-order chi connectivity index (χ0) is 20.7. The fourth-order valence-corrected chi connectivity index (χ4v) is 4.75. The number of carbonyl (C=O) groups is 1. The SMILES string of the molecule is O=C(c1ccccn1)N1CC[C@@H]2[C@H](CO)Nc3ccc(-c4ccc(F)cc4)cc3[C@@H]21. The Morgan fingerprint density at radius 1 is 1.13 bits per heavy atom. The minimum Gasteiger partial charge on any atom is -0.394 e. The number of hydrogen-bond acceptors (Lipinski definition) is 4. The molecule has 3 aromatic rings. The van der Waals surface area contributed by atoms with Gasteiger partial charge in [0.05, 0.1) is 18.7 Å². The molecule has 2 N–H and O–H groups in total. The van der Waals surface area contributed by atoms with Gasteiger partial charge < -0.3 is 15.3 Å². The van der Waals surface area contributed by atoms with Crippen molar-refractivity contribution in [2.75, 3.05) is 18.5 Å². The van der Waals surface area contributed by atoms with E-state index in [4.69, 9.17) is 0 Å². The highest BCUT2D eigenvalue weighted by atomic mass is 19.1. The van der Waals surface area contributed by atoms with E-state index in [1.54, 1.807) is 30.5 Å². The Morgan fingerprint density at radius 3 is 2.67 bits per heavy atom. The maximum Gasteiger partial charge on any atom is 0.272 e. The topological polar surface area (TPSA) is 65.5 Å². The number of amides is 1. The summed E-state index contributed by atoms with van der Waals surface area (Å²) in [6.07, 6.45) is 2.43. The zero-order valence-corrected chi connectivity index (χ0v) is 16.3. The maximum absolute atomic E-state index is 13.4. The first kappa shape index (κ1) is 18.8. The van der Waals surface area contributed by atoms with Gasteiger partial charge in [-0.25, -0.2) is 4.39 Å². The van der Waals surface area contributed by atoms with Gasteiger partial charge in [-0.2, -0.15) is 0 Å². The normalized spacial score (nSPS) is 22.2. The average molecular weight is 403 g/mol. The molecule has 3 atom stereocenters. The highest BCUT2D eigenvalue weighted by molar-refractivity contribution is 5.93. The molecule has 2 aromatic carbocycles. The van der Waals surface area contributed by atoms with Gasteiger partial charge in [0.25, 0.3) is 5.91 Å². The van der Waals surface area contributed by atoms with Crippen molar-refractivity contribution in [1.29, 1.82) is 0 Å². The monoisotopic (exact) mass is 403 g/mol. The van der Waals surface area contributed by atoms with Gasteiger partial charge in [0.15, 0.2) is 0 Å². The molecule has 5 nitrogen and oxygen atoms in total. The van der Waals surface area contributed by atoms with Gasteiger partial charge in [0, 0.05) is 24.3 Å². The molecular weight excluding hydrogens is 381 g/mol. The Balaban J connectivity index is 1.57. The van der Waals surface area contributed by atoms with Crippen LogP contribution in [-0.2, 0) is 0 Å². The van der Waals surface area contributed by atoms with E-state index >= 15 is 0 Å². The van der Waals surface area contributed by atoms with Crippen molar-refractivity contribution in [3.63, 3.8) is 0 Å². The third kappa shape index (κ3) is 3.13. The maximum atomic E-state index is 13.4. The van der Waals surface area contributed by atoms with E-state index in [2.05, 4.69) is 16.4 Å². The number of aliphatic hydroxyl groups is 1. The van der Waals surface area contributed by atoms with Crippen molar-refractivity contribution in [1.82, 2.24) is 9.88 Å². The molecule has 0 aliphatic carbocycles. The molecule has 1 fully saturated rings. The summed E-state index contributed by atoms with van der Waals surface area (Å²) in [5.74, 6) is -0.259. The summed E-state index contributed by atoms with van der Waals surface area (Å²) in [6.45, 7) is 0.620. The van der Waals surface area contributed by atoms with E-state index in [9.17, 15) is 14.3 Å². The molecule has 1 saturated heterocycles. The Bertz CT molecular complexity index is 1070. The molecule has 152 valence electrons. The van der Waals surface area contributed by atoms with Gasteiger partial charge in [-0.1, -0.05) is 24.3 Å². The number of carbonyl (C=O) groups excluding carboxylic acids is 1. The molecule has 0 unspecified atom stereocenters. The fraction of sp³-hybridized carbons (Fsp3) is 0.250. The van der Waals surface area contributed by atoms with E-state index < -0.39 is 0 Å². The van der Waals surface area contributed by atoms with Gasteiger partial charge in [-0.05, 0) is 59.5 Å². The largest absolute Gasteiger partial charge is 0.394 e. The zero-order valence-electron chi connectivity index (χ0n) is 16.3. The molecule has 30 heavy (non-hydrogen) atoms. The minimum atomic E-state index is -0.271. The number of anilines is 1. The summed E-state index contributed by atoms with van der Waals surface area (Å²) in [7, 11) is 0. The Hall–Kier alpha value is -3.25. The first-order valence-electron chi connectivity index (χ1n) is 10.1. The van der Waals surface area contributed by atoms with Gasteiger partial charge in [0.1, 0.15) is 11.5 Å². The minimum absolute atomic E-state index is 0.00589. The third-order valence-electron chi connectivity index (χ3n) is 6.19. The number of hydrogen-bond donors (Lipinski definition) is 2. The summed E-state index contributed by atoms with van der Waals surface area (Å²) in [5.41, 5.74) is 4.25. The lowest BCUT2D eigenvalue weighted by molar-refractivity contribution is 0.0695. The highest BCUT2D eigenvalue weighted by Gasteiger charge is 2.46. The molecule has 1 aromatic heterocycles. The number of halogens is 1. The highest BCUT2D eigenvalue weighted by Crippen LogP contribution is 2.47. The van der Waals surface area contributed by atoms with Crippen LogP contribution < -0.4 is 5.32 Å². The van der Waals surface area contributed by atoms with Crippen molar-refractivity contribution >= 4 is 11.6 Å². The molecule has 0 bridgehead atoms. The summed E-state index contributed by atoms with van der Waals surface area (Å²) < 4.78 is 13.4. The van der Waals surface area contributed by atoms with Crippen LogP contribution in [0.5, 0.6) is 0 Å². The fourth-order valence-electron chi connectivity index (χ4n) is 4.75. The third-order valence-corrected chi connectivity index (χ3v) is 6.19. The Labute approximate surface area is 174 Å². The number of benzene rings is 2. The van der Waals surface area contributed by atoms with Crippen molar-refractivity contribution < 1.29 is 14.3 Å². The summed E-state index contributed by atoms with van der Waals surface area (Å²) in [4.78, 5) is 19.4. The van der Waals surface area contributed by atoms with Crippen molar-refractivity contribution in [3.05, 3.63) is 83.9 Å². The molecule has 0 radical (unpaired) electrons. The van der Waals surface area contributed by atoms with Crippen LogP contribution in [0.25, 0.3) is 11.1 Å². The summed E-state index contributed by atoms with van der Waals surface area (Å²) in [5, 5.41) is 13.4. The standard InChI is InChI=1S/C24H22FN3O2/c25-17-7-4-15(5-8-17)16-6-9-20-19(13-16)23-18(22(14-29)27-20)10-12-28(23)24(30)21-3-1-2-11-26-21/h1-9,11,13,18,22-23,27,29H,10,12,14H2/t18-,22+,23-/m1/s1. The number of fused-ring (bicyclic) bond motifs is 3. The summed E-state index contributed by atoms with van der Waals surface area (Å²) >= 11 is 0. The number of aliphatic hydroxyl groups excluding tert-OH is 1. The predicted octanol–water partition coefficient (Wildman–Crippen LogP) is 3.88. The first-order chi connectivity index (χ1) is 14.7. The lowest BCUT2D eigenvalue weighted by Crippen LogP contribution is -2.43. The van der Waals surface area contributed by atoms with Crippen LogP contribution in [0.15, 0.2) is 66.9 Å².